The molecular formula is C12H7Cl3N2O. The van der Waals surface area contributed by atoms with Crippen molar-refractivity contribution >= 4 is 46.4 Å². The topological polar surface area (TPSA) is 42.0 Å². The maximum atomic E-state index is 11.9. The summed E-state index contributed by atoms with van der Waals surface area (Å²) in [5, 5.41) is 3.62. The minimum absolute atomic E-state index is 0.163. The van der Waals surface area contributed by atoms with E-state index in [0.717, 1.165) is 0 Å². The van der Waals surface area contributed by atoms with Gasteiger partial charge in [0.2, 0.25) is 0 Å². The monoisotopic (exact) mass is 300 g/mol. The summed E-state index contributed by atoms with van der Waals surface area (Å²) in [7, 11) is 0. The van der Waals surface area contributed by atoms with E-state index in [1.807, 2.05) is 0 Å². The number of hydrogen-bond donors (Lipinski definition) is 1. The molecule has 0 saturated heterocycles. The molecule has 2 rings (SSSR count). The highest BCUT2D eigenvalue weighted by atomic mass is 35.5. The van der Waals surface area contributed by atoms with E-state index in [9.17, 15) is 4.79 Å². The largest absolute Gasteiger partial charge is 0.322 e. The molecule has 0 aliphatic carbocycles. The van der Waals surface area contributed by atoms with Crippen LogP contribution in [0.25, 0.3) is 0 Å². The van der Waals surface area contributed by atoms with E-state index >= 15 is 0 Å². The SMILES string of the molecule is O=C(Nc1cccc(Cl)c1)c1cnc(Cl)c(Cl)c1. The van der Waals surface area contributed by atoms with Crippen LogP contribution in [0.15, 0.2) is 36.5 Å². The lowest BCUT2D eigenvalue weighted by molar-refractivity contribution is 0.102. The molecule has 0 aliphatic rings. The third-order valence-electron chi connectivity index (χ3n) is 2.14. The first-order valence-corrected chi connectivity index (χ1v) is 6.07. The number of anilines is 1. The molecule has 0 aliphatic heterocycles. The Morgan fingerprint density at radius 1 is 1.17 bits per heavy atom. The second kappa shape index (κ2) is 5.57. The Labute approximate surface area is 119 Å². The fourth-order valence-electron chi connectivity index (χ4n) is 1.31. The second-order valence-electron chi connectivity index (χ2n) is 3.46. The molecule has 0 bridgehead atoms. The van der Waals surface area contributed by atoms with Crippen LogP contribution in [0.3, 0.4) is 0 Å². The maximum absolute atomic E-state index is 11.9. The van der Waals surface area contributed by atoms with Gasteiger partial charge in [-0.05, 0) is 24.3 Å². The number of halogens is 3. The number of carbonyl (C=O) groups excluding carboxylic acids is 1. The van der Waals surface area contributed by atoms with Gasteiger partial charge in [-0.2, -0.15) is 0 Å². The number of benzene rings is 1. The summed E-state index contributed by atoms with van der Waals surface area (Å²) in [6, 6.07) is 8.29. The third-order valence-corrected chi connectivity index (χ3v) is 3.06. The average Bonchev–Trinajstić information content (AvgIpc) is 2.32. The summed E-state index contributed by atoms with van der Waals surface area (Å²) in [6.45, 7) is 0. The Hall–Kier alpha value is -1.29. The minimum Gasteiger partial charge on any atom is -0.322 e. The van der Waals surface area contributed by atoms with Gasteiger partial charge < -0.3 is 5.32 Å². The standard InChI is InChI=1S/C12H7Cl3N2O/c13-8-2-1-3-9(5-8)17-12(18)7-4-10(14)11(15)16-6-7/h1-6H,(H,17,18). The number of amides is 1. The van der Waals surface area contributed by atoms with Gasteiger partial charge in [0.15, 0.2) is 0 Å². The molecule has 0 unspecified atom stereocenters. The van der Waals surface area contributed by atoms with Crippen molar-refractivity contribution in [3.05, 3.63) is 57.3 Å². The predicted molar refractivity (Wildman–Crippen MR) is 73.7 cm³/mol. The molecule has 1 amide bonds. The number of carbonyl (C=O) groups is 1. The molecule has 92 valence electrons. The number of hydrogen-bond acceptors (Lipinski definition) is 2. The lowest BCUT2D eigenvalue weighted by atomic mass is 10.2. The molecule has 1 aromatic carbocycles. The molecule has 1 heterocycles. The van der Waals surface area contributed by atoms with Gasteiger partial charge in [0.05, 0.1) is 10.6 Å². The minimum atomic E-state index is -0.330. The van der Waals surface area contributed by atoms with Gasteiger partial charge in [-0.3, -0.25) is 4.79 Å². The summed E-state index contributed by atoms with van der Waals surface area (Å²) >= 11 is 17.3. The molecule has 2 aromatic rings. The molecule has 18 heavy (non-hydrogen) atoms. The highest BCUT2D eigenvalue weighted by Gasteiger charge is 2.09. The van der Waals surface area contributed by atoms with Crippen LogP contribution in [0.1, 0.15) is 10.4 Å². The van der Waals surface area contributed by atoms with Crippen LogP contribution >= 0.6 is 34.8 Å². The van der Waals surface area contributed by atoms with Gasteiger partial charge >= 0.3 is 0 Å². The van der Waals surface area contributed by atoms with Gasteiger partial charge in [-0.15, -0.1) is 0 Å². The first-order chi connectivity index (χ1) is 8.56. The molecule has 3 nitrogen and oxygen atoms in total. The number of nitrogens with zero attached hydrogens (tertiary/aromatic N) is 1. The normalized spacial score (nSPS) is 10.2. The van der Waals surface area contributed by atoms with E-state index in [4.69, 9.17) is 34.8 Å². The van der Waals surface area contributed by atoms with Crippen LogP contribution < -0.4 is 5.32 Å². The molecule has 0 atom stereocenters. The Kier molecular flexibility index (Phi) is 4.07. The van der Waals surface area contributed by atoms with Crippen LogP contribution in [0.4, 0.5) is 5.69 Å². The fourth-order valence-corrected chi connectivity index (χ4v) is 1.77. The van der Waals surface area contributed by atoms with E-state index in [-0.39, 0.29) is 16.1 Å². The first kappa shape index (κ1) is 13.1. The van der Waals surface area contributed by atoms with Crippen molar-refractivity contribution in [2.75, 3.05) is 5.32 Å². The number of nitrogens with one attached hydrogen (secondary N) is 1. The number of pyridine rings is 1. The fraction of sp³-hybridized carbons (Fsp3) is 0. The Morgan fingerprint density at radius 3 is 2.61 bits per heavy atom. The van der Waals surface area contributed by atoms with Crippen molar-refractivity contribution in [1.29, 1.82) is 0 Å². The zero-order valence-corrected chi connectivity index (χ0v) is 11.2. The van der Waals surface area contributed by atoms with Gasteiger partial charge in [0.25, 0.3) is 5.91 Å². The molecule has 1 N–H and O–H groups in total. The molecule has 0 radical (unpaired) electrons. The molecule has 0 fully saturated rings. The van der Waals surface area contributed by atoms with Crippen molar-refractivity contribution in [2.24, 2.45) is 0 Å². The number of aromatic nitrogens is 1. The Morgan fingerprint density at radius 2 is 1.94 bits per heavy atom. The smallest absolute Gasteiger partial charge is 0.257 e. The summed E-state index contributed by atoms with van der Waals surface area (Å²) in [5.74, 6) is -0.330. The second-order valence-corrected chi connectivity index (χ2v) is 4.66. The quantitative estimate of drug-likeness (QED) is 0.841. The van der Waals surface area contributed by atoms with Crippen LogP contribution in [0.5, 0.6) is 0 Å². The lowest BCUT2D eigenvalue weighted by Crippen LogP contribution is -2.12. The predicted octanol–water partition coefficient (Wildman–Crippen LogP) is 4.29. The van der Waals surface area contributed by atoms with Crippen LogP contribution in [0.2, 0.25) is 15.2 Å². The zero-order valence-electron chi connectivity index (χ0n) is 8.95. The van der Waals surface area contributed by atoms with Gasteiger partial charge in [0.1, 0.15) is 5.15 Å². The van der Waals surface area contributed by atoms with E-state index in [1.165, 1.54) is 12.3 Å². The van der Waals surface area contributed by atoms with Crippen molar-refractivity contribution < 1.29 is 4.79 Å². The summed E-state index contributed by atoms with van der Waals surface area (Å²) in [6.07, 6.45) is 1.36. The summed E-state index contributed by atoms with van der Waals surface area (Å²) in [4.78, 5) is 15.7. The third kappa shape index (κ3) is 3.13. The Balaban J connectivity index is 2.19. The summed E-state index contributed by atoms with van der Waals surface area (Å²) < 4.78 is 0. The van der Waals surface area contributed by atoms with E-state index in [0.29, 0.717) is 16.3 Å². The van der Waals surface area contributed by atoms with Gasteiger partial charge in [-0.1, -0.05) is 40.9 Å². The number of rotatable bonds is 2. The van der Waals surface area contributed by atoms with Gasteiger partial charge in [0, 0.05) is 16.9 Å². The van der Waals surface area contributed by atoms with Crippen molar-refractivity contribution in [3.63, 3.8) is 0 Å². The molecule has 1 aromatic heterocycles. The van der Waals surface area contributed by atoms with Crippen LogP contribution in [-0.2, 0) is 0 Å². The van der Waals surface area contributed by atoms with E-state index in [1.54, 1.807) is 24.3 Å². The van der Waals surface area contributed by atoms with Gasteiger partial charge in [-0.25, -0.2) is 4.98 Å². The van der Waals surface area contributed by atoms with Crippen molar-refractivity contribution in [3.8, 4) is 0 Å². The lowest BCUT2D eigenvalue weighted by Gasteiger charge is -2.05. The Bertz CT molecular complexity index is 602. The maximum Gasteiger partial charge on any atom is 0.257 e. The zero-order chi connectivity index (χ0) is 13.1. The first-order valence-electron chi connectivity index (χ1n) is 4.94. The van der Waals surface area contributed by atoms with E-state index in [2.05, 4.69) is 10.3 Å². The van der Waals surface area contributed by atoms with Crippen LogP contribution in [0, 0.1) is 0 Å². The highest BCUT2D eigenvalue weighted by molar-refractivity contribution is 6.41. The highest BCUT2D eigenvalue weighted by Crippen LogP contribution is 2.21. The molecule has 0 saturated carbocycles. The molecular weight excluding hydrogens is 295 g/mol. The average molecular weight is 302 g/mol. The van der Waals surface area contributed by atoms with Crippen molar-refractivity contribution in [2.45, 2.75) is 0 Å². The summed E-state index contributed by atoms with van der Waals surface area (Å²) in [5.41, 5.74) is 0.919. The van der Waals surface area contributed by atoms with Crippen LogP contribution in [-0.4, -0.2) is 10.9 Å². The molecule has 6 heteroatoms. The van der Waals surface area contributed by atoms with Crippen molar-refractivity contribution in [1.82, 2.24) is 4.98 Å². The molecule has 0 spiro atoms. The van der Waals surface area contributed by atoms with E-state index < -0.39 is 0 Å².